The maximum absolute atomic E-state index is 11.2. The molecule has 3 N–H and O–H groups in total. The molecule has 124 valence electrons. The summed E-state index contributed by atoms with van der Waals surface area (Å²) in [6.45, 7) is 9.48. The van der Waals surface area contributed by atoms with Gasteiger partial charge in [0, 0.05) is 13.0 Å². The van der Waals surface area contributed by atoms with Gasteiger partial charge in [-0.25, -0.2) is 4.79 Å². The Morgan fingerprint density at radius 1 is 1.10 bits per heavy atom. The van der Waals surface area contributed by atoms with Gasteiger partial charge in [-0.1, -0.05) is 20.3 Å². The number of hydrogen-bond acceptors (Lipinski definition) is 4. The molecule has 0 heterocycles. The molecule has 0 saturated carbocycles. The van der Waals surface area contributed by atoms with Gasteiger partial charge in [0.2, 0.25) is 5.91 Å². The summed E-state index contributed by atoms with van der Waals surface area (Å²) in [4.78, 5) is 32.6. The summed E-state index contributed by atoms with van der Waals surface area (Å²) >= 11 is 0. The second-order valence-electron chi connectivity index (χ2n) is 5.41. The molecular weight excluding hydrogens is 276 g/mol. The number of carboxylic acid groups (broad SMARTS) is 1. The minimum absolute atomic E-state index is 0.000224. The van der Waals surface area contributed by atoms with Gasteiger partial charge in [-0.2, -0.15) is 0 Å². The number of amides is 2. The van der Waals surface area contributed by atoms with Crippen LogP contribution in [0.3, 0.4) is 0 Å². The lowest BCUT2D eigenvalue weighted by atomic mass is 10.2. The minimum Gasteiger partial charge on any atom is -0.481 e. The normalized spacial score (nSPS) is 9.95. The van der Waals surface area contributed by atoms with Crippen molar-refractivity contribution in [2.24, 2.45) is 0 Å². The van der Waals surface area contributed by atoms with Crippen LogP contribution in [0.15, 0.2) is 0 Å². The van der Waals surface area contributed by atoms with Gasteiger partial charge >= 0.3 is 12.1 Å². The predicted octanol–water partition coefficient (Wildman–Crippen LogP) is 1.91. The quantitative estimate of drug-likeness (QED) is 0.650. The molecule has 0 aromatic carbocycles. The number of rotatable bonds is 6. The van der Waals surface area contributed by atoms with Crippen LogP contribution >= 0.6 is 0 Å². The van der Waals surface area contributed by atoms with Gasteiger partial charge in [-0.3, -0.25) is 9.59 Å². The van der Waals surface area contributed by atoms with Gasteiger partial charge in [0.05, 0.1) is 6.54 Å². The number of hydrogen-bond donors (Lipinski definition) is 3. The molecule has 0 bridgehead atoms. The number of alkyl carbamates (subject to hydrolysis) is 1. The number of ether oxygens (including phenoxy) is 1. The van der Waals surface area contributed by atoms with Crippen molar-refractivity contribution in [1.82, 2.24) is 10.6 Å². The van der Waals surface area contributed by atoms with E-state index in [1.807, 2.05) is 0 Å². The van der Waals surface area contributed by atoms with E-state index in [0.29, 0.717) is 6.42 Å². The third kappa shape index (κ3) is 20.7. The van der Waals surface area contributed by atoms with Crippen molar-refractivity contribution >= 4 is 18.0 Å². The molecule has 0 fully saturated rings. The van der Waals surface area contributed by atoms with Crippen molar-refractivity contribution in [3.63, 3.8) is 0 Å². The zero-order chi connectivity index (χ0) is 16.9. The van der Waals surface area contributed by atoms with E-state index in [1.165, 1.54) is 6.42 Å². The van der Waals surface area contributed by atoms with E-state index in [-0.39, 0.29) is 25.4 Å². The molecule has 7 nitrogen and oxygen atoms in total. The molecule has 0 atom stereocenters. The Morgan fingerprint density at radius 3 is 2.05 bits per heavy atom. The third-order valence-corrected chi connectivity index (χ3v) is 1.68. The second-order valence-corrected chi connectivity index (χ2v) is 5.41. The zero-order valence-corrected chi connectivity index (χ0v) is 13.6. The summed E-state index contributed by atoms with van der Waals surface area (Å²) in [5.41, 5.74) is -0.609. The first-order valence-electron chi connectivity index (χ1n) is 7.07. The maximum atomic E-state index is 11.2. The summed E-state index contributed by atoms with van der Waals surface area (Å²) < 4.78 is 4.94. The lowest BCUT2D eigenvalue weighted by Crippen LogP contribution is -2.40. The van der Waals surface area contributed by atoms with Crippen LogP contribution in [0, 0.1) is 0 Å². The second kappa shape index (κ2) is 12.0. The van der Waals surface area contributed by atoms with E-state index < -0.39 is 17.7 Å². The Balaban J connectivity index is 0. The fourth-order valence-electron chi connectivity index (χ4n) is 0.997. The van der Waals surface area contributed by atoms with Crippen LogP contribution in [0.5, 0.6) is 0 Å². The molecule has 0 aromatic rings. The van der Waals surface area contributed by atoms with E-state index >= 15 is 0 Å². The van der Waals surface area contributed by atoms with E-state index in [2.05, 4.69) is 24.5 Å². The molecule has 0 aliphatic carbocycles. The molecule has 7 heteroatoms. The lowest BCUT2D eigenvalue weighted by Gasteiger charge is -2.19. The smallest absolute Gasteiger partial charge is 0.408 e. The van der Waals surface area contributed by atoms with Gasteiger partial charge in [0.15, 0.2) is 0 Å². The molecule has 0 radical (unpaired) electrons. The van der Waals surface area contributed by atoms with Crippen LogP contribution < -0.4 is 10.6 Å². The fraction of sp³-hybridized carbons (Fsp3) is 0.786. The number of nitrogens with one attached hydrogen (secondary N) is 2. The van der Waals surface area contributed by atoms with Gasteiger partial charge in [0.1, 0.15) is 5.60 Å². The molecule has 0 rings (SSSR count). The summed E-state index contributed by atoms with van der Waals surface area (Å²) in [5.74, 6) is -1.29. The van der Waals surface area contributed by atoms with Crippen molar-refractivity contribution in [3.8, 4) is 0 Å². The Bertz CT molecular complexity index is 324. The summed E-state index contributed by atoms with van der Waals surface area (Å²) in [6, 6.07) is 0. The first-order valence-corrected chi connectivity index (χ1v) is 7.07. The van der Waals surface area contributed by atoms with Crippen LogP contribution in [0.25, 0.3) is 0 Å². The molecule has 0 saturated heterocycles. The highest BCUT2D eigenvalue weighted by Crippen LogP contribution is 2.05. The van der Waals surface area contributed by atoms with Crippen molar-refractivity contribution < 1.29 is 24.2 Å². The standard InChI is InChI=1S/C11H20N2O5.C3H8/c1-11(2,3)18-10(17)13-7-8(14)12-6-4-5-9(15)16;1-3-2/h4-7H2,1-3H3,(H,12,14)(H,13,17)(H,15,16);3H2,1-2H3. The average Bonchev–Trinajstić information content (AvgIpc) is 2.31. The molecule has 0 unspecified atom stereocenters. The molecule has 2 amide bonds. The first-order chi connectivity index (χ1) is 9.62. The minimum atomic E-state index is -0.906. The Morgan fingerprint density at radius 2 is 1.62 bits per heavy atom. The van der Waals surface area contributed by atoms with Crippen molar-refractivity contribution in [2.75, 3.05) is 13.1 Å². The Kier molecular flexibility index (Phi) is 12.3. The Hall–Kier alpha value is -1.79. The third-order valence-electron chi connectivity index (χ3n) is 1.68. The fourth-order valence-corrected chi connectivity index (χ4v) is 0.997. The average molecular weight is 304 g/mol. The first kappa shape index (κ1) is 21.5. The number of carbonyl (C=O) groups excluding carboxylic acids is 2. The van der Waals surface area contributed by atoms with Crippen LogP contribution in [-0.2, 0) is 14.3 Å². The summed E-state index contributed by atoms with van der Waals surface area (Å²) in [6.07, 6.45) is 0.941. The SMILES string of the molecule is CC(C)(C)OC(=O)NCC(=O)NCCCC(=O)O.CCC. The molecule has 0 aromatic heterocycles. The maximum Gasteiger partial charge on any atom is 0.408 e. The predicted molar refractivity (Wildman–Crippen MR) is 80.1 cm³/mol. The van der Waals surface area contributed by atoms with Crippen LogP contribution in [0.4, 0.5) is 4.79 Å². The van der Waals surface area contributed by atoms with Gasteiger partial charge < -0.3 is 20.5 Å². The van der Waals surface area contributed by atoms with Crippen molar-refractivity contribution in [3.05, 3.63) is 0 Å². The molecule has 0 aliphatic heterocycles. The van der Waals surface area contributed by atoms with Crippen LogP contribution in [-0.4, -0.2) is 41.8 Å². The van der Waals surface area contributed by atoms with Crippen LogP contribution in [0.2, 0.25) is 0 Å². The van der Waals surface area contributed by atoms with Gasteiger partial charge in [-0.15, -0.1) is 0 Å². The molecule has 0 spiro atoms. The zero-order valence-electron chi connectivity index (χ0n) is 13.6. The highest BCUT2D eigenvalue weighted by Gasteiger charge is 2.16. The molecule has 21 heavy (non-hydrogen) atoms. The van der Waals surface area contributed by atoms with E-state index in [0.717, 1.165) is 0 Å². The monoisotopic (exact) mass is 304 g/mol. The Labute approximate surface area is 126 Å². The van der Waals surface area contributed by atoms with Gasteiger partial charge in [0.25, 0.3) is 0 Å². The molecular formula is C14H28N2O5. The van der Waals surface area contributed by atoms with Crippen molar-refractivity contribution in [2.45, 2.75) is 59.5 Å². The number of carboxylic acids is 1. The highest BCUT2D eigenvalue weighted by atomic mass is 16.6. The van der Waals surface area contributed by atoms with E-state index in [1.54, 1.807) is 20.8 Å². The van der Waals surface area contributed by atoms with Gasteiger partial charge in [-0.05, 0) is 27.2 Å². The van der Waals surface area contributed by atoms with Crippen molar-refractivity contribution in [1.29, 1.82) is 0 Å². The highest BCUT2D eigenvalue weighted by molar-refractivity contribution is 5.82. The largest absolute Gasteiger partial charge is 0.481 e. The lowest BCUT2D eigenvalue weighted by molar-refractivity contribution is -0.137. The number of aliphatic carboxylic acids is 1. The number of carbonyl (C=O) groups is 3. The van der Waals surface area contributed by atoms with Crippen LogP contribution in [0.1, 0.15) is 53.9 Å². The summed E-state index contributed by atoms with van der Waals surface area (Å²) in [7, 11) is 0. The summed E-state index contributed by atoms with van der Waals surface area (Å²) in [5, 5.41) is 13.2. The van der Waals surface area contributed by atoms with E-state index in [4.69, 9.17) is 9.84 Å². The molecule has 0 aliphatic rings. The van der Waals surface area contributed by atoms with E-state index in [9.17, 15) is 14.4 Å². The topological polar surface area (TPSA) is 105 Å².